The van der Waals surface area contributed by atoms with Crippen molar-refractivity contribution in [1.29, 1.82) is 0 Å². The molecule has 1 aromatic rings. The molecule has 0 spiro atoms. The van der Waals surface area contributed by atoms with Gasteiger partial charge in [0.15, 0.2) is 0 Å². The highest BCUT2D eigenvalue weighted by Crippen LogP contribution is 2.44. The van der Waals surface area contributed by atoms with Crippen LogP contribution in [0.5, 0.6) is 0 Å². The molecule has 1 atom stereocenters. The molecule has 2 N–H and O–H groups in total. The van der Waals surface area contributed by atoms with E-state index >= 15 is 0 Å². The van der Waals surface area contributed by atoms with Crippen molar-refractivity contribution in [2.45, 2.75) is 32.2 Å². The van der Waals surface area contributed by atoms with Gasteiger partial charge in [0.1, 0.15) is 0 Å². The molecule has 1 heterocycles. The van der Waals surface area contributed by atoms with E-state index in [4.69, 9.17) is 0 Å². The summed E-state index contributed by atoms with van der Waals surface area (Å²) in [6.07, 6.45) is 3.97. The van der Waals surface area contributed by atoms with Crippen molar-refractivity contribution in [3.63, 3.8) is 0 Å². The van der Waals surface area contributed by atoms with Gasteiger partial charge >= 0.3 is 0 Å². The van der Waals surface area contributed by atoms with Crippen LogP contribution in [-0.2, 0) is 6.42 Å². The van der Waals surface area contributed by atoms with Crippen LogP contribution in [0, 0.1) is 5.41 Å². The van der Waals surface area contributed by atoms with Crippen molar-refractivity contribution in [3.05, 3.63) is 29.8 Å². The third-order valence-corrected chi connectivity index (χ3v) is 3.89. The van der Waals surface area contributed by atoms with Gasteiger partial charge in [0.2, 0.25) is 0 Å². The zero-order valence-electron chi connectivity index (χ0n) is 9.92. The molecule has 2 aliphatic rings. The van der Waals surface area contributed by atoms with Gasteiger partial charge in [-0.25, -0.2) is 0 Å². The smallest absolute Gasteiger partial charge is 0.0427 e. The molecule has 1 aromatic carbocycles. The summed E-state index contributed by atoms with van der Waals surface area (Å²) in [4.78, 5) is 0. The second kappa shape index (κ2) is 3.77. The van der Waals surface area contributed by atoms with E-state index < -0.39 is 0 Å². The first-order valence-corrected chi connectivity index (χ1v) is 6.30. The number of fused-ring (bicyclic) bond motifs is 1. The Labute approximate surface area is 97.4 Å². The minimum atomic E-state index is 0.583. The third-order valence-electron chi connectivity index (χ3n) is 3.89. The molecule has 0 aromatic heterocycles. The molecule has 1 aliphatic heterocycles. The summed E-state index contributed by atoms with van der Waals surface area (Å²) in [5.74, 6) is 0. The molecule has 0 bridgehead atoms. The normalized spacial score (nSPS) is 24.9. The molecule has 2 heteroatoms. The standard InChI is InChI=1S/C14H20N2/c1-14(6-7-14)10-15-9-12-8-11-4-2-3-5-13(11)16-12/h2-5,12,15-16H,6-10H2,1H3. The number of benzene rings is 1. The highest BCUT2D eigenvalue weighted by Gasteiger charge is 2.36. The highest BCUT2D eigenvalue weighted by atomic mass is 15.0. The summed E-state index contributed by atoms with van der Waals surface area (Å²) in [6, 6.07) is 9.22. The summed E-state index contributed by atoms with van der Waals surface area (Å²) in [6.45, 7) is 4.64. The van der Waals surface area contributed by atoms with Gasteiger partial charge in [0.25, 0.3) is 0 Å². The van der Waals surface area contributed by atoms with Crippen molar-refractivity contribution in [1.82, 2.24) is 5.32 Å². The summed E-state index contributed by atoms with van der Waals surface area (Å²) in [5.41, 5.74) is 3.41. The maximum absolute atomic E-state index is 3.60. The Hall–Kier alpha value is -1.02. The Kier molecular flexibility index (Phi) is 2.40. The molecule has 2 nitrogen and oxygen atoms in total. The molecular weight excluding hydrogens is 196 g/mol. The number of hydrogen-bond donors (Lipinski definition) is 2. The number of nitrogens with one attached hydrogen (secondary N) is 2. The van der Waals surface area contributed by atoms with Crippen molar-refractivity contribution >= 4 is 5.69 Å². The van der Waals surface area contributed by atoms with E-state index in [9.17, 15) is 0 Å². The maximum atomic E-state index is 3.60. The number of hydrogen-bond acceptors (Lipinski definition) is 2. The first-order chi connectivity index (χ1) is 7.75. The van der Waals surface area contributed by atoms with Crippen LogP contribution >= 0.6 is 0 Å². The van der Waals surface area contributed by atoms with E-state index in [0.29, 0.717) is 11.5 Å². The number of para-hydroxylation sites is 1. The fraction of sp³-hybridized carbons (Fsp3) is 0.571. The van der Waals surface area contributed by atoms with Gasteiger partial charge in [0, 0.05) is 24.8 Å². The third kappa shape index (κ3) is 2.07. The van der Waals surface area contributed by atoms with Crippen molar-refractivity contribution in [3.8, 4) is 0 Å². The Bertz CT molecular complexity index is 357. The predicted octanol–water partition coefficient (Wildman–Crippen LogP) is 2.41. The Morgan fingerprint density at radius 2 is 2.19 bits per heavy atom. The first kappa shape index (κ1) is 10.2. The van der Waals surface area contributed by atoms with E-state index in [2.05, 4.69) is 41.8 Å². The first-order valence-electron chi connectivity index (χ1n) is 6.30. The van der Waals surface area contributed by atoms with Crippen LogP contribution in [0.3, 0.4) is 0 Å². The summed E-state index contributed by atoms with van der Waals surface area (Å²) < 4.78 is 0. The molecule has 86 valence electrons. The van der Waals surface area contributed by atoms with Crippen LogP contribution in [0.4, 0.5) is 5.69 Å². The molecular formula is C14H20N2. The van der Waals surface area contributed by atoms with Gasteiger partial charge in [-0.1, -0.05) is 25.1 Å². The molecule has 0 saturated heterocycles. The molecule has 0 radical (unpaired) electrons. The zero-order valence-corrected chi connectivity index (χ0v) is 9.92. The molecule has 16 heavy (non-hydrogen) atoms. The minimum Gasteiger partial charge on any atom is -0.380 e. The predicted molar refractivity (Wildman–Crippen MR) is 67.8 cm³/mol. The summed E-state index contributed by atoms with van der Waals surface area (Å²) in [7, 11) is 0. The second-order valence-corrected chi connectivity index (χ2v) is 5.64. The van der Waals surface area contributed by atoms with Crippen LogP contribution in [0.1, 0.15) is 25.3 Å². The van der Waals surface area contributed by atoms with E-state index in [1.807, 2.05) is 0 Å². The lowest BCUT2D eigenvalue weighted by atomic mass is 10.1. The maximum Gasteiger partial charge on any atom is 0.0427 e. The lowest BCUT2D eigenvalue weighted by Crippen LogP contribution is -2.34. The van der Waals surface area contributed by atoms with Gasteiger partial charge in [-0.15, -0.1) is 0 Å². The van der Waals surface area contributed by atoms with Gasteiger partial charge in [-0.05, 0) is 36.3 Å². The minimum absolute atomic E-state index is 0.583. The quantitative estimate of drug-likeness (QED) is 0.807. The van der Waals surface area contributed by atoms with Crippen molar-refractivity contribution < 1.29 is 0 Å². The average molecular weight is 216 g/mol. The van der Waals surface area contributed by atoms with E-state index in [1.165, 1.54) is 37.1 Å². The molecule has 1 unspecified atom stereocenters. The van der Waals surface area contributed by atoms with Gasteiger partial charge in [0.05, 0.1) is 0 Å². The van der Waals surface area contributed by atoms with Gasteiger partial charge < -0.3 is 10.6 Å². The molecule has 1 saturated carbocycles. The topological polar surface area (TPSA) is 24.1 Å². The molecule has 1 fully saturated rings. The molecule has 3 rings (SSSR count). The Morgan fingerprint density at radius 1 is 1.38 bits per heavy atom. The molecule has 0 amide bonds. The van der Waals surface area contributed by atoms with E-state index in [0.717, 1.165) is 6.54 Å². The van der Waals surface area contributed by atoms with E-state index in [1.54, 1.807) is 0 Å². The van der Waals surface area contributed by atoms with E-state index in [-0.39, 0.29) is 0 Å². The Morgan fingerprint density at radius 3 is 2.94 bits per heavy atom. The Balaban J connectivity index is 1.48. The fourth-order valence-electron chi connectivity index (χ4n) is 2.44. The van der Waals surface area contributed by atoms with Crippen LogP contribution in [0.25, 0.3) is 0 Å². The van der Waals surface area contributed by atoms with Crippen molar-refractivity contribution in [2.75, 3.05) is 18.4 Å². The monoisotopic (exact) mass is 216 g/mol. The van der Waals surface area contributed by atoms with Crippen LogP contribution in [0.15, 0.2) is 24.3 Å². The number of rotatable bonds is 4. The van der Waals surface area contributed by atoms with Gasteiger partial charge in [-0.2, -0.15) is 0 Å². The fourth-order valence-corrected chi connectivity index (χ4v) is 2.44. The van der Waals surface area contributed by atoms with Crippen molar-refractivity contribution in [2.24, 2.45) is 5.41 Å². The SMILES string of the molecule is CC1(CNCC2Cc3ccccc3N2)CC1. The average Bonchev–Trinajstić information content (AvgIpc) is 2.87. The lowest BCUT2D eigenvalue weighted by molar-refractivity contribution is 0.486. The van der Waals surface area contributed by atoms with Crippen LogP contribution in [-0.4, -0.2) is 19.1 Å². The highest BCUT2D eigenvalue weighted by molar-refractivity contribution is 5.56. The summed E-state index contributed by atoms with van der Waals surface area (Å²) >= 11 is 0. The lowest BCUT2D eigenvalue weighted by Gasteiger charge is -2.15. The van der Waals surface area contributed by atoms with Crippen LogP contribution < -0.4 is 10.6 Å². The van der Waals surface area contributed by atoms with Crippen LogP contribution in [0.2, 0.25) is 0 Å². The second-order valence-electron chi connectivity index (χ2n) is 5.64. The molecule has 1 aliphatic carbocycles. The largest absolute Gasteiger partial charge is 0.380 e. The zero-order chi connectivity index (χ0) is 11.0. The number of anilines is 1. The summed E-state index contributed by atoms with van der Waals surface area (Å²) in [5, 5.41) is 7.18. The van der Waals surface area contributed by atoms with Gasteiger partial charge in [-0.3, -0.25) is 0 Å².